The van der Waals surface area contributed by atoms with E-state index in [1.807, 2.05) is 6.07 Å². The van der Waals surface area contributed by atoms with Crippen LogP contribution in [0.1, 0.15) is 55.2 Å². The van der Waals surface area contributed by atoms with Crippen LogP contribution in [0.2, 0.25) is 0 Å². The van der Waals surface area contributed by atoms with Crippen molar-refractivity contribution >= 4 is 63.7 Å². The Labute approximate surface area is 548 Å². The van der Waals surface area contributed by atoms with Crippen LogP contribution in [0.15, 0.2) is 174 Å². The molecule has 3 aromatic carbocycles. The summed E-state index contributed by atoms with van der Waals surface area (Å²) in [7, 11) is 1.42. The van der Waals surface area contributed by atoms with Crippen molar-refractivity contribution in [1.29, 1.82) is 0 Å². The number of rotatable bonds is 14. The number of nitrogens with one attached hydrogen (secondary N) is 4. The van der Waals surface area contributed by atoms with E-state index in [0.29, 0.717) is 106 Å². The van der Waals surface area contributed by atoms with Gasteiger partial charge in [0.15, 0.2) is 34.5 Å². The van der Waals surface area contributed by atoms with Crippen LogP contribution in [-0.2, 0) is 30.6 Å². The number of nitrogens with zero attached hydrogens (tertiary/aromatic N) is 5. The Balaban J connectivity index is 0.000000128. The summed E-state index contributed by atoms with van der Waals surface area (Å²) in [5.74, 6) is 0.568. The molecule has 0 saturated heterocycles. The molecule has 0 spiro atoms. The first-order valence-corrected chi connectivity index (χ1v) is 29.9. The molecular formula is C65H51BBrF6N9O14. The lowest BCUT2D eigenvalue weighted by molar-refractivity contribution is -0.287. The van der Waals surface area contributed by atoms with Gasteiger partial charge in [-0.1, -0.05) is 42.5 Å². The fourth-order valence-electron chi connectivity index (χ4n) is 10.7. The van der Waals surface area contributed by atoms with E-state index in [1.54, 1.807) is 103 Å². The van der Waals surface area contributed by atoms with Gasteiger partial charge < -0.3 is 68.9 Å². The number of aromatic nitrogens is 6. The van der Waals surface area contributed by atoms with Crippen molar-refractivity contribution in [3.05, 3.63) is 196 Å². The van der Waals surface area contributed by atoms with Crippen molar-refractivity contribution < 1.29 is 88.7 Å². The third-order valence-corrected chi connectivity index (χ3v) is 16.4. The first kappa shape index (κ1) is 65.3. The summed E-state index contributed by atoms with van der Waals surface area (Å²) in [5.41, 5.74) is 1.44. The second-order valence-corrected chi connectivity index (χ2v) is 23.0. The number of pyridine rings is 6. The fourth-order valence-corrected chi connectivity index (χ4v) is 11.0. The van der Waals surface area contributed by atoms with E-state index in [-0.39, 0.29) is 69.1 Å². The molecule has 96 heavy (non-hydrogen) atoms. The molecule has 9 heterocycles. The van der Waals surface area contributed by atoms with Gasteiger partial charge in [0.05, 0.1) is 53.0 Å². The largest absolute Gasteiger partial charge is 0.586 e. The van der Waals surface area contributed by atoms with Crippen molar-refractivity contribution in [2.45, 2.75) is 73.7 Å². The Bertz CT molecular complexity index is 4550. The first-order chi connectivity index (χ1) is 45.9. The SMILES string of the molecule is COc1ncccc1-c1cccc(NC(=O)C2(c3ccc4c(c3)OC(F)(F)O4)CC2)n1.COc1ncccc1B(O)O.O=C(Nc1cccc(-c2ccc[nH]c2=O)n1)C1(c2ccc3c(c2)OC(F)(F)O3)CC1.O=C(Nc1cccc(Br)n1)C1(c2ccc3c(c2)OC(F)(F)O3)CC1. The van der Waals surface area contributed by atoms with Crippen LogP contribution in [0.3, 0.4) is 0 Å². The van der Waals surface area contributed by atoms with Crippen LogP contribution in [0.25, 0.3) is 22.5 Å². The number of amides is 3. The second-order valence-electron chi connectivity index (χ2n) is 22.2. The average Bonchev–Trinajstić information content (AvgIpc) is 1.60. The number of halogens is 7. The third-order valence-electron chi connectivity index (χ3n) is 16.0. The number of fused-ring (bicyclic) bond motifs is 3. The highest BCUT2D eigenvalue weighted by Gasteiger charge is 2.56. The number of anilines is 3. The van der Waals surface area contributed by atoms with E-state index in [2.05, 4.69) is 90.2 Å². The molecule has 3 fully saturated rings. The molecule has 6 aromatic heterocycles. The number of carbonyl (C=O) groups is 3. The van der Waals surface area contributed by atoms with E-state index in [4.69, 9.17) is 19.5 Å². The lowest BCUT2D eigenvalue weighted by Gasteiger charge is -2.16. The van der Waals surface area contributed by atoms with Crippen LogP contribution < -0.4 is 64.9 Å². The van der Waals surface area contributed by atoms with Gasteiger partial charge in [0.25, 0.3) is 5.56 Å². The lowest BCUT2D eigenvalue weighted by Crippen LogP contribution is -2.31. The van der Waals surface area contributed by atoms with Crippen molar-refractivity contribution in [2.24, 2.45) is 0 Å². The minimum atomic E-state index is -3.71. The zero-order valence-corrected chi connectivity index (χ0v) is 51.7. The van der Waals surface area contributed by atoms with E-state index in [9.17, 15) is 45.5 Å². The molecule has 492 valence electrons. The number of methoxy groups -OCH3 is 2. The standard InChI is InChI=1S/C22H17F2N3O4.C21H15F2N3O4.C16H11BrF2N2O3.C6H8BNO3/c1-29-19-14(4-3-11-25-19)15-5-2-6-18(26-15)27-20(28)21(9-10-21)13-7-8-16-17(12-13)31-22(23,24)30-16;22-21(23)29-15-7-6-12(11-16(15)30-21)20(8-9-20)19(28)26-17-5-1-4-14(25-17)13-3-2-10-24-18(13)27;17-12-2-1-3-13(20-12)21-14(22)15(6-7-15)9-4-5-10-11(8-9)24-16(18,19)23-10;1-11-6-5(7(9)10)3-2-4-8-6/h2-8,11-12H,9-10H2,1H3,(H,26,27,28);1-7,10-11H,8-9H2,(H,24,27)(H,25,26,28);1-5,8H,6-7H2,(H,20,21,22);2-4,9-10H,1H3. The van der Waals surface area contributed by atoms with Crippen molar-refractivity contribution in [3.8, 4) is 68.8 Å². The molecule has 0 bridgehead atoms. The quantitative estimate of drug-likeness (QED) is 0.0335. The van der Waals surface area contributed by atoms with Gasteiger partial charge in [-0.05, 0) is 174 Å². The highest BCUT2D eigenvalue weighted by Crippen LogP contribution is 2.55. The summed E-state index contributed by atoms with van der Waals surface area (Å²) in [6.45, 7) is 0. The monoisotopic (exact) mass is 1390 g/mol. The third kappa shape index (κ3) is 14.0. The maximum Gasteiger partial charge on any atom is 0.586 e. The Morgan fingerprint density at radius 1 is 0.490 bits per heavy atom. The average molecular weight is 1390 g/mol. The minimum absolute atomic E-state index is 0.0337. The molecule has 0 unspecified atom stereocenters. The Hall–Kier alpha value is -10.8. The molecule has 0 radical (unpaired) electrons. The van der Waals surface area contributed by atoms with Gasteiger partial charge >= 0.3 is 26.0 Å². The lowest BCUT2D eigenvalue weighted by atomic mass is 9.81. The summed E-state index contributed by atoms with van der Waals surface area (Å²) in [6.07, 6.45) is -2.86. The van der Waals surface area contributed by atoms with Gasteiger partial charge in [-0.2, -0.15) is 0 Å². The van der Waals surface area contributed by atoms with Crippen LogP contribution in [-0.4, -0.2) is 97.9 Å². The molecule has 6 aliphatic rings. The summed E-state index contributed by atoms with van der Waals surface area (Å²) in [6, 6.07) is 38.8. The normalized spacial score (nSPS) is 16.8. The number of H-pyrrole nitrogens is 1. The number of hydrogen-bond acceptors (Lipinski definition) is 19. The topological polar surface area (TPSA) is 299 Å². The van der Waals surface area contributed by atoms with Gasteiger partial charge in [-0.15, -0.1) is 26.3 Å². The number of hydrogen-bond donors (Lipinski definition) is 6. The maximum absolute atomic E-state index is 13.3. The maximum atomic E-state index is 13.3. The number of ether oxygens (including phenoxy) is 8. The highest BCUT2D eigenvalue weighted by molar-refractivity contribution is 9.10. The Kier molecular flexibility index (Phi) is 17.6. The van der Waals surface area contributed by atoms with E-state index < -0.39 is 42.2 Å². The Morgan fingerprint density at radius 3 is 1.27 bits per heavy atom. The van der Waals surface area contributed by atoms with E-state index in [0.717, 1.165) is 0 Å². The summed E-state index contributed by atoms with van der Waals surface area (Å²) in [5, 5.41) is 25.9. The van der Waals surface area contributed by atoms with Gasteiger partial charge in [0, 0.05) is 24.1 Å². The van der Waals surface area contributed by atoms with Crippen LogP contribution in [0.5, 0.6) is 46.3 Å². The van der Waals surface area contributed by atoms with E-state index >= 15 is 0 Å². The zero-order valence-electron chi connectivity index (χ0n) is 50.1. The van der Waals surface area contributed by atoms with Crippen molar-refractivity contribution in [2.75, 3.05) is 30.2 Å². The molecule has 23 nitrogen and oxygen atoms in total. The molecule has 3 aliphatic heterocycles. The summed E-state index contributed by atoms with van der Waals surface area (Å²) < 4.78 is 117. The predicted octanol–water partition coefficient (Wildman–Crippen LogP) is 10.2. The van der Waals surface area contributed by atoms with Gasteiger partial charge in [-0.25, -0.2) is 24.9 Å². The molecule has 9 aromatic rings. The molecular weight excluding hydrogens is 1340 g/mol. The van der Waals surface area contributed by atoms with Gasteiger partial charge in [-0.3, -0.25) is 19.2 Å². The molecule has 0 atom stereocenters. The number of carbonyl (C=O) groups excluding carboxylic acids is 3. The predicted molar refractivity (Wildman–Crippen MR) is 333 cm³/mol. The van der Waals surface area contributed by atoms with Gasteiger partial charge in [0.2, 0.25) is 29.5 Å². The molecule has 31 heteroatoms. The van der Waals surface area contributed by atoms with Crippen LogP contribution in [0.4, 0.5) is 43.8 Å². The van der Waals surface area contributed by atoms with Crippen LogP contribution in [0, 0.1) is 0 Å². The van der Waals surface area contributed by atoms with Crippen LogP contribution >= 0.6 is 15.9 Å². The highest BCUT2D eigenvalue weighted by atomic mass is 79.9. The number of alkyl halides is 6. The molecule has 6 N–H and O–H groups in total. The van der Waals surface area contributed by atoms with E-state index in [1.165, 1.54) is 69.1 Å². The summed E-state index contributed by atoms with van der Waals surface area (Å²) in [4.78, 5) is 74.3. The summed E-state index contributed by atoms with van der Waals surface area (Å²) >= 11 is 3.24. The minimum Gasteiger partial charge on any atom is -0.481 e. The number of aromatic amines is 1. The number of benzene rings is 3. The van der Waals surface area contributed by atoms with Gasteiger partial charge in [0.1, 0.15) is 22.1 Å². The Morgan fingerprint density at radius 2 is 0.875 bits per heavy atom. The molecule has 3 saturated carbocycles. The fraction of sp³-hybridized carbons (Fsp3) is 0.215. The molecule has 15 rings (SSSR count). The van der Waals surface area contributed by atoms with Crippen molar-refractivity contribution in [1.82, 2.24) is 29.9 Å². The smallest absolute Gasteiger partial charge is 0.481 e. The first-order valence-electron chi connectivity index (χ1n) is 29.1. The van der Waals surface area contributed by atoms with Crippen molar-refractivity contribution in [3.63, 3.8) is 0 Å². The molecule has 3 amide bonds. The second kappa shape index (κ2) is 25.8. The molecule has 3 aliphatic carbocycles. The zero-order chi connectivity index (χ0) is 67.8.